The highest BCUT2D eigenvalue weighted by molar-refractivity contribution is 6.32. The molecule has 1 aromatic heterocycles. The highest BCUT2D eigenvalue weighted by Crippen LogP contribution is 2.26. The topological polar surface area (TPSA) is 40.5 Å². The van der Waals surface area contributed by atoms with E-state index >= 15 is 0 Å². The van der Waals surface area contributed by atoms with Crippen LogP contribution >= 0.6 is 11.6 Å². The second-order valence-electron chi connectivity index (χ2n) is 6.10. The fourth-order valence-corrected chi connectivity index (χ4v) is 3.17. The Bertz CT molecular complexity index is 736. The minimum Gasteiger partial charge on any atom is -0.484 e. The number of ketones is 1. The maximum Gasteiger partial charge on any atom is 0.202 e. The molecule has 1 heterocycles. The van der Waals surface area contributed by atoms with E-state index in [9.17, 15) is 4.79 Å². The van der Waals surface area contributed by atoms with Crippen molar-refractivity contribution in [2.45, 2.75) is 33.7 Å². The Morgan fingerprint density at radius 1 is 1.25 bits per heavy atom. The van der Waals surface area contributed by atoms with E-state index in [-0.39, 0.29) is 18.4 Å². The number of Topliss-reactive ketones (excluding diaryl/α,β-unsaturated/α-hetero) is 1. The van der Waals surface area contributed by atoms with Crippen molar-refractivity contribution >= 4 is 17.4 Å². The summed E-state index contributed by atoms with van der Waals surface area (Å²) in [6.45, 7) is 8.53. The number of halogens is 1. The van der Waals surface area contributed by atoms with E-state index in [1.807, 2.05) is 39.0 Å². The number of ether oxygens (including phenoxy) is 2. The summed E-state index contributed by atoms with van der Waals surface area (Å²) in [4.78, 5) is 12.6. The number of benzene rings is 1. The highest BCUT2D eigenvalue weighted by atomic mass is 35.5. The standard InChI is InChI=1S/C19H24ClNO3/c1-12-6-7-17(20)19(8-12)24-11-18(22)16-9-13(2)21(15(16)4)14(3)10-23-5/h6-9,14H,10-11H2,1-5H3. The number of hydrogen-bond donors (Lipinski definition) is 0. The lowest BCUT2D eigenvalue weighted by molar-refractivity contribution is 0.0920. The van der Waals surface area contributed by atoms with E-state index in [2.05, 4.69) is 11.5 Å². The van der Waals surface area contributed by atoms with Crippen LogP contribution in [0, 0.1) is 20.8 Å². The fraction of sp³-hybridized carbons (Fsp3) is 0.421. The summed E-state index contributed by atoms with van der Waals surface area (Å²) in [6.07, 6.45) is 0. The van der Waals surface area contributed by atoms with Gasteiger partial charge in [0.25, 0.3) is 0 Å². The minimum atomic E-state index is -0.0588. The molecular weight excluding hydrogens is 326 g/mol. The van der Waals surface area contributed by atoms with Crippen LogP contribution in [0.25, 0.3) is 0 Å². The van der Waals surface area contributed by atoms with Crippen LogP contribution in [0.15, 0.2) is 24.3 Å². The molecule has 4 nitrogen and oxygen atoms in total. The molecule has 5 heteroatoms. The molecule has 0 aliphatic rings. The van der Waals surface area contributed by atoms with Gasteiger partial charge in [-0.2, -0.15) is 0 Å². The number of carbonyl (C=O) groups excluding carboxylic acids is 1. The van der Waals surface area contributed by atoms with Crippen molar-refractivity contribution in [3.05, 3.63) is 51.8 Å². The van der Waals surface area contributed by atoms with E-state index in [0.717, 1.165) is 17.0 Å². The Kier molecular flexibility index (Phi) is 6.08. The third kappa shape index (κ3) is 4.00. The molecule has 1 aromatic carbocycles. The number of aromatic nitrogens is 1. The van der Waals surface area contributed by atoms with E-state index in [4.69, 9.17) is 21.1 Å². The van der Waals surface area contributed by atoms with Gasteiger partial charge in [0.05, 0.1) is 17.7 Å². The van der Waals surface area contributed by atoms with Gasteiger partial charge in [0.15, 0.2) is 6.61 Å². The molecule has 0 amide bonds. The monoisotopic (exact) mass is 349 g/mol. The molecule has 2 aromatic rings. The average molecular weight is 350 g/mol. The number of aryl methyl sites for hydroxylation is 2. The summed E-state index contributed by atoms with van der Waals surface area (Å²) in [5.74, 6) is 0.475. The third-order valence-electron chi connectivity index (χ3n) is 4.08. The lowest BCUT2D eigenvalue weighted by Crippen LogP contribution is -2.16. The molecule has 0 N–H and O–H groups in total. The normalized spacial score (nSPS) is 12.2. The zero-order valence-electron chi connectivity index (χ0n) is 14.9. The van der Waals surface area contributed by atoms with Crippen molar-refractivity contribution in [1.82, 2.24) is 4.57 Å². The molecule has 0 saturated carbocycles. The van der Waals surface area contributed by atoms with Crippen molar-refractivity contribution in [2.75, 3.05) is 20.3 Å². The molecule has 0 aliphatic carbocycles. The molecule has 2 rings (SSSR count). The van der Waals surface area contributed by atoms with Crippen LogP contribution in [0.1, 0.15) is 40.3 Å². The van der Waals surface area contributed by atoms with Crippen molar-refractivity contribution in [2.24, 2.45) is 0 Å². The summed E-state index contributed by atoms with van der Waals surface area (Å²) in [7, 11) is 1.68. The Balaban J connectivity index is 2.16. The van der Waals surface area contributed by atoms with Gasteiger partial charge in [-0.3, -0.25) is 4.79 Å². The van der Waals surface area contributed by atoms with Gasteiger partial charge in [0.1, 0.15) is 5.75 Å². The van der Waals surface area contributed by atoms with Crippen LogP contribution in [0.2, 0.25) is 5.02 Å². The van der Waals surface area contributed by atoms with Crippen LogP contribution in [0.5, 0.6) is 5.75 Å². The lowest BCUT2D eigenvalue weighted by Gasteiger charge is -2.17. The predicted molar refractivity (Wildman–Crippen MR) is 96.5 cm³/mol. The maximum absolute atomic E-state index is 12.6. The SMILES string of the molecule is COCC(C)n1c(C)cc(C(=O)COc2cc(C)ccc2Cl)c1C. The number of carbonyl (C=O) groups is 1. The van der Waals surface area contributed by atoms with E-state index in [1.54, 1.807) is 13.2 Å². The molecule has 0 radical (unpaired) electrons. The molecule has 0 bridgehead atoms. The molecule has 0 aliphatic heterocycles. The molecule has 0 spiro atoms. The van der Waals surface area contributed by atoms with Crippen molar-refractivity contribution in [3.8, 4) is 5.75 Å². The van der Waals surface area contributed by atoms with Gasteiger partial charge in [-0.15, -0.1) is 0 Å². The predicted octanol–water partition coefficient (Wildman–Crippen LogP) is 4.54. The summed E-state index contributed by atoms with van der Waals surface area (Å²) < 4.78 is 13.0. The fourth-order valence-electron chi connectivity index (χ4n) is 3.00. The smallest absolute Gasteiger partial charge is 0.202 e. The van der Waals surface area contributed by atoms with E-state index in [1.165, 1.54) is 0 Å². The second kappa shape index (κ2) is 7.86. The first-order valence-electron chi connectivity index (χ1n) is 7.94. The van der Waals surface area contributed by atoms with E-state index < -0.39 is 0 Å². The van der Waals surface area contributed by atoms with Gasteiger partial charge in [-0.25, -0.2) is 0 Å². The Hall–Kier alpha value is -1.78. The molecule has 130 valence electrons. The van der Waals surface area contributed by atoms with Crippen LogP contribution in [0.3, 0.4) is 0 Å². The number of methoxy groups -OCH3 is 1. The Labute approximate surface area is 148 Å². The first-order chi connectivity index (χ1) is 11.3. The van der Waals surface area contributed by atoms with Gasteiger partial charge in [-0.05, 0) is 51.5 Å². The molecule has 1 atom stereocenters. The third-order valence-corrected chi connectivity index (χ3v) is 4.39. The van der Waals surface area contributed by atoms with Gasteiger partial charge < -0.3 is 14.0 Å². The molecular formula is C19H24ClNO3. The number of nitrogens with zero attached hydrogens (tertiary/aromatic N) is 1. The van der Waals surface area contributed by atoms with Crippen LogP contribution < -0.4 is 4.74 Å². The van der Waals surface area contributed by atoms with Gasteiger partial charge in [-0.1, -0.05) is 17.7 Å². The lowest BCUT2D eigenvalue weighted by atomic mass is 10.1. The van der Waals surface area contributed by atoms with Gasteiger partial charge in [0.2, 0.25) is 5.78 Å². The molecule has 0 fully saturated rings. The second-order valence-corrected chi connectivity index (χ2v) is 6.51. The highest BCUT2D eigenvalue weighted by Gasteiger charge is 2.19. The summed E-state index contributed by atoms with van der Waals surface area (Å²) in [5, 5.41) is 0.507. The van der Waals surface area contributed by atoms with Crippen molar-refractivity contribution in [1.29, 1.82) is 0 Å². The molecule has 0 saturated heterocycles. The number of hydrogen-bond acceptors (Lipinski definition) is 3. The van der Waals surface area contributed by atoms with Crippen molar-refractivity contribution < 1.29 is 14.3 Å². The maximum atomic E-state index is 12.6. The van der Waals surface area contributed by atoms with Crippen LogP contribution in [0.4, 0.5) is 0 Å². The summed E-state index contributed by atoms with van der Waals surface area (Å²) in [6, 6.07) is 7.59. The first-order valence-corrected chi connectivity index (χ1v) is 8.32. The van der Waals surface area contributed by atoms with Crippen molar-refractivity contribution in [3.63, 3.8) is 0 Å². The molecule has 1 unspecified atom stereocenters. The van der Waals surface area contributed by atoms with Gasteiger partial charge >= 0.3 is 0 Å². The average Bonchev–Trinajstić information content (AvgIpc) is 2.83. The minimum absolute atomic E-state index is 0.0356. The van der Waals surface area contributed by atoms with Gasteiger partial charge in [0, 0.05) is 24.1 Å². The summed E-state index contributed by atoms with van der Waals surface area (Å²) >= 11 is 6.11. The first kappa shape index (κ1) is 18.6. The number of rotatable bonds is 7. The quantitative estimate of drug-likeness (QED) is 0.689. The largest absolute Gasteiger partial charge is 0.484 e. The van der Waals surface area contributed by atoms with E-state index in [0.29, 0.717) is 22.9 Å². The van der Waals surface area contributed by atoms with Crippen LogP contribution in [-0.4, -0.2) is 30.7 Å². The Morgan fingerprint density at radius 3 is 2.62 bits per heavy atom. The Morgan fingerprint density at radius 2 is 1.96 bits per heavy atom. The molecule has 24 heavy (non-hydrogen) atoms. The van der Waals surface area contributed by atoms with Crippen LogP contribution in [-0.2, 0) is 4.74 Å². The summed E-state index contributed by atoms with van der Waals surface area (Å²) in [5.41, 5.74) is 3.68. The zero-order chi connectivity index (χ0) is 17.9. The zero-order valence-corrected chi connectivity index (χ0v) is 15.6.